The van der Waals surface area contributed by atoms with E-state index in [0.717, 1.165) is 0 Å². The molecule has 37 heavy (non-hydrogen) atoms. The normalized spacial score (nSPS) is 15.3. The van der Waals surface area contributed by atoms with Crippen molar-refractivity contribution in [2.24, 2.45) is 5.41 Å². The molecule has 1 aromatic heterocycles. The van der Waals surface area contributed by atoms with E-state index in [0.29, 0.717) is 55.7 Å². The van der Waals surface area contributed by atoms with Crippen LogP contribution in [0.2, 0.25) is 10.0 Å². The molecule has 1 aliphatic rings. The molecule has 5 N–H and O–H groups in total. The fourth-order valence-electron chi connectivity index (χ4n) is 3.76. The number of pyridine rings is 1. The second kappa shape index (κ2) is 10.7. The first kappa shape index (κ1) is 25.0. The zero-order valence-corrected chi connectivity index (χ0v) is 22.0. The molecule has 9 nitrogen and oxygen atoms in total. The van der Waals surface area contributed by atoms with Gasteiger partial charge in [-0.25, -0.2) is 0 Å². The molecule has 3 aromatic rings. The predicted molar refractivity (Wildman–Crippen MR) is 146 cm³/mol. The molecule has 1 aliphatic heterocycles. The van der Waals surface area contributed by atoms with Crippen molar-refractivity contribution < 1.29 is 11.3 Å². The highest BCUT2D eigenvalue weighted by atomic mass is 35.5. The molecule has 0 aliphatic carbocycles. The van der Waals surface area contributed by atoms with E-state index < -0.39 is 12.0 Å². The number of anilines is 2. The van der Waals surface area contributed by atoms with Gasteiger partial charge >= 0.3 is 5.97 Å². The quantitative estimate of drug-likeness (QED) is 0.259. The minimum absolute atomic E-state index is 0.0577. The minimum atomic E-state index is -1.69. The van der Waals surface area contributed by atoms with E-state index in [9.17, 15) is 16.5 Å². The average molecular weight is 541 g/mol. The third-order valence-corrected chi connectivity index (χ3v) is 6.07. The number of hydrazine groups is 2. The summed E-state index contributed by atoms with van der Waals surface area (Å²) in [6.45, 7) is 6.51. The number of hydrogen-bond donors (Lipinski definition) is 5. The number of fused-ring (bicyclic) bond motifs is 1. The highest BCUT2D eigenvalue weighted by Crippen LogP contribution is 2.37. The molecule has 11 heteroatoms. The molecular weight excluding hydrogens is 513 g/mol. The van der Waals surface area contributed by atoms with Gasteiger partial charge in [0.1, 0.15) is 12.6 Å². The first-order valence-electron chi connectivity index (χ1n) is 11.9. The van der Waals surface area contributed by atoms with Crippen LogP contribution in [-0.4, -0.2) is 34.2 Å². The number of nitrogens with zero attached hydrogens (tertiary/aromatic N) is 3. The van der Waals surface area contributed by atoms with Crippen LogP contribution < -0.4 is 21.6 Å². The van der Waals surface area contributed by atoms with Crippen LogP contribution in [0.5, 0.6) is 0 Å². The van der Waals surface area contributed by atoms with Gasteiger partial charge in [-0.1, -0.05) is 62.2 Å². The SMILES string of the molecule is [2H][C@](Nc1cc(Cl)c2ncc(C#N)c(NCC(C)(C)C)c2c1)(C1=CN(CC(=O)O)NN1)c1ccccc1Cl. The second-order valence-electron chi connectivity index (χ2n) is 9.71. The summed E-state index contributed by atoms with van der Waals surface area (Å²) in [6, 6.07) is 10.8. The highest BCUT2D eigenvalue weighted by Gasteiger charge is 2.25. The van der Waals surface area contributed by atoms with Gasteiger partial charge in [-0.2, -0.15) is 5.26 Å². The molecule has 0 bridgehead atoms. The van der Waals surface area contributed by atoms with E-state index in [4.69, 9.17) is 23.2 Å². The van der Waals surface area contributed by atoms with Crippen molar-refractivity contribution in [3.05, 3.63) is 75.7 Å². The van der Waals surface area contributed by atoms with Crippen LogP contribution in [0.4, 0.5) is 11.4 Å². The summed E-state index contributed by atoms with van der Waals surface area (Å²) in [4.78, 5) is 15.6. The Labute approximate surface area is 226 Å². The molecular formula is C26H27Cl2N7O2. The van der Waals surface area contributed by atoms with Crippen LogP contribution >= 0.6 is 23.2 Å². The van der Waals surface area contributed by atoms with Crippen molar-refractivity contribution in [2.75, 3.05) is 23.7 Å². The van der Waals surface area contributed by atoms with Gasteiger partial charge in [0.05, 0.1) is 34.9 Å². The highest BCUT2D eigenvalue weighted by molar-refractivity contribution is 6.36. The Morgan fingerprint density at radius 3 is 2.73 bits per heavy atom. The van der Waals surface area contributed by atoms with Crippen LogP contribution in [0.1, 0.15) is 39.3 Å². The van der Waals surface area contributed by atoms with Gasteiger partial charge in [0.2, 0.25) is 0 Å². The lowest BCUT2D eigenvalue weighted by Crippen LogP contribution is -2.40. The maximum absolute atomic E-state index is 11.2. The Hall–Kier alpha value is -3.71. The predicted octanol–water partition coefficient (Wildman–Crippen LogP) is 5.28. The minimum Gasteiger partial charge on any atom is -0.480 e. The second-order valence-corrected chi connectivity index (χ2v) is 10.5. The summed E-state index contributed by atoms with van der Waals surface area (Å²) < 4.78 is 9.52. The number of nitriles is 1. The number of hydrogen-bond acceptors (Lipinski definition) is 8. The Morgan fingerprint density at radius 2 is 2.05 bits per heavy atom. The molecule has 192 valence electrons. The van der Waals surface area contributed by atoms with E-state index in [-0.39, 0.29) is 12.0 Å². The summed E-state index contributed by atoms with van der Waals surface area (Å²) >= 11 is 13.2. The lowest BCUT2D eigenvalue weighted by atomic mass is 9.96. The number of aromatic nitrogens is 1. The molecule has 0 spiro atoms. The summed E-state index contributed by atoms with van der Waals surface area (Å²) in [5, 5.41) is 28.1. The molecule has 0 saturated carbocycles. The van der Waals surface area contributed by atoms with Crippen LogP contribution in [0, 0.1) is 16.7 Å². The van der Waals surface area contributed by atoms with Crippen molar-refractivity contribution in [2.45, 2.75) is 26.8 Å². The van der Waals surface area contributed by atoms with E-state index in [1.165, 1.54) is 17.4 Å². The zero-order chi connectivity index (χ0) is 27.7. The van der Waals surface area contributed by atoms with Crippen LogP contribution in [-0.2, 0) is 4.79 Å². The number of carboxylic acids is 1. The largest absolute Gasteiger partial charge is 0.480 e. The maximum atomic E-state index is 11.2. The number of aliphatic carboxylic acids is 1. The lowest BCUT2D eigenvalue weighted by molar-refractivity contribution is -0.138. The van der Waals surface area contributed by atoms with Crippen molar-refractivity contribution in [1.82, 2.24) is 21.0 Å². The van der Waals surface area contributed by atoms with Crippen molar-refractivity contribution in [1.29, 1.82) is 5.26 Å². The van der Waals surface area contributed by atoms with Crippen LogP contribution in [0.25, 0.3) is 10.9 Å². The van der Waals surface area contributed by atoms with Crippen molar-refractivity contribution in [3.8, 4) is 6.07 Å². The van der Waals surface area contributed by atoms with Crippen LogP contribution in [0.3, 0.4) is 0 Å². The summed E-state index contributed by atoms with van der Waals surface area (Å²) in [7, 11) is 0. The Kier molecular flexibility index (Phi) is 7.24. The molecule has 1 atom stereocenters. The van der Waals surface area contributed by atoms with Crippen molar-refractivity contribution >= 4 is 51.4 Å². The maximum Gasteiger partial charge on any atom is 0.324 e. The molecule has 0 saturated heterocycles. The fraction of sp³-hybridized carbons (Fsp3) is 0.269. The topological polar surface area (TPSA) is 125 Å². The lowest BCUT2D eigenvalue weighted by Gasteiger charge is -2.24. The van der Waals surface area contributed by atoms with E-state index in [1.54, 1.807) is 36.4 Å². The molecule has 0 amide bonds. The van der Waals surface area contributed by atoms with E-state index >= 15 is 0 Å². The molecule has 4 rings (SSSR count). The monoisotopic (exact) mass is 540 g/mol. The number of nitrogens with one attached hydrogen (secondary N) is 4. The third kappa shape index (κ3) is 6.17. The van der Waals surface area contributed by atoms with E-state index in [1.807, 2.05) is 0 Å². The van der Waals surface area contributed by atoms with Gasteiger partial charge in [0, 0.05) is 35.0 Å². The number of rotatable bonds is 8. The number of benzene rings is 2. The molecule has 2 aromatic carbocycles. The van der Waals surface area contributed by atoms with Gasteiger partial charge in [-0.3, -0.25) is 14.8 Å². The molecule has 0 fully saturated rings. The molecule has 2 heterocycles. The first-order valence-corrected chi connectivity index (χ1v) is 12.2. The van der Waals surface area contributed by atoms with Gasteiger partial charge in [0.25, 0.3) is 0 Å². The van der Waals surface area contributed by atoms with Crippen molar-refractivity contribution in [3.63, 3.8) is 0 Å². The first-order chi connectivity index (χ1) is 17.9. The van der Waals surface area contributed by atoms with Gasteiger partial charge in [-0.15, -0.1) is 5.53 Å². The van der Waals surface area contributed by atoms with Crippen LogP contribution in [0.15, 0.2) is 54.5 Å². The van der Waals surface area contributed by atoms with E-state index in [2.05, 4.69) is 53.4 Å². The standard InChI is InChI=1S/C26H27Cl2N7O2/c1-26(2,3)14-31-23-15(10-29)11-30-24-18(23)8-16(9-20(24)28)32-25(17-6-4-5-7-19(17)27)21-12-35(34-33-21)13-22(36)37/h4-9,11-12,25,32-34H,13-14H2,1-3H3,(H,30,31)(H,36,37)/t25-/m1/s1/i25D. The molecule has 0 radical (unpaired) electrons. The van der Waals surface area contributed by atoms with Gasteiger partial charge < -0.3 is 21.2 Å². The Morgan fingerprint density at radius 1 is 1.30 bits per heavy atom. The zero-order valence-electron chi connectivity index (χ0n) is 21.5. The summed E-state index contributed by atoms with van der Waals surface area (Å²) in [5.41, 5.74) is 8.23. The van der Waals surface area contributed by atoms with Gasteiger partial charge in [-0.05, 0) is 29.2 Å². The van der Waals surface area contributed by atoms with Gasteiger partial charge in [0.15, 0.2) is 0 Å². The Bertz CT molecular complexity index is 1470. The smallest absolute Gasteiger partial charge is 0.324 e. The number of halogens is 2. The Balaban J connectivity index is 1.84. The molecule has 0 unspecified atom stereocenters. The number of carbonyl (C=O) groups is 1. The third-order valence-electron chi connectivity index (χ3n) is 5.45. The number of carboxylic acid groups (broad SMARTS) is 1. The summed E-state index contributed by atoms with van der Waals surface area (Å²) in [5.74, 6) is -1.05. The summed E-state index contributed by atoms with van der Waals surface area (Å²) in [6.07, 6.45) is 2.98. The average Bonchev–Trinajstić information content (AvgIpc) is 3.30. The fourth-order valence-corrected chi connectivity index (χ4v) is 4.26.